The van der Waals surface area contributed by atoms with Crippen LogP contribution in [-0.2, 0) is 14.3 Å². The van der Waals surface area contributed by atoms with Crippen molar-refractivity contribution >= 4 is 38.6 Å². The highest BCUT2D eigenvalue weighted by molar-refractivity contribution is 7.22. The summed E-state index contributed by atoms with van der Waals surface area (Å²) < 4.78 is 5.68. The Balaban J connectivity index is 1.97. The second-order valence-electron chi connectivity index (χ2n) is 3.92. The van der Waals surface area contributed by atoms with Crippen LogP contribution in [0.1, 0.15) is 5.56 Å². The Hall–Kier alpha value is -1.99. The number of aliphatic carboxylic acids is 1. The summed E-state index contributed by atoms with van der Waals surface area (Å²) in [6.45, 7) is 1.19. The molecule has 0 saturated carbocycles. The third-order valence-electron chi connectivity index (χ3n) is 2.25. The monoisotopic (exact) mass is 280 g/mol. The van der Waals surface area contributed by atoms with E-state index in [2.05, 4.69) is 15.0 Å². The first-order chi connectivity index (χ1) is 9.04. The molecule has 2 N–H and O–H groups in total. The van der Waals surface area contributed by atoms with Gasteiger partial charge in [0, 0.05) is 0 Å². The number of rotatable bonds is 5. The molecule has 0 aliphatic heterocycles. The van der Waals surface area contributed by atoms with Crippen LogP contribution in [-0.4, -0.2) is 35.2 Å². The Morgan fingerprint density at radius 3 is 2.95 bits per heavy atom. The normalized spacial score (nSPS) is 10.6. The van der Waals surface area contributed by atoms with Crippen molar-refractivity contribution < 1.29 is 19.4 Å². The molecule has 19 heavy (non-hydrogen) atoms. The number of carboxylic acid groups (broad SMARTS) is 1. The lowest BCUT2D eigenvalue weighted by atomic mass is 10.2. The number of anilines is 1. The van der Waals surface area contributed by atoms with Crippen LogP contribution >= 0.6 is 11.3 Å². The molecule has 2 rings (SSSR count). The topological polar surface area (TPSA) is 88.5 Å². The molecule has 0 unspecified atom stereocenters. The number of fused-ring (bicyclic) bond motifs is 1. The number of hydrogen-bond donors (Lipinski definition) is 2. The highest BCUT2D eigenvalue weighted by Gasteiger charge is 2.08. The van der Waals surface area contributed by atoms with Gasteiger partial charge in [0.15, 0.2) is 5.13 Å². The number of nitrogens with one attached hydrogen (secondary N) is 1. The minimum absolute atomic E-state index is 0.304. The zero-order valence-corrected chi connectivity index (χ0v) is 11.0. The van der Waals surface area contributed by atoms with E-state index < -0.39 is 18.5 Å². The Bertz CT molecular complexity index is 623. The zero-order chi connectivity index (χ0) is 13.8. The van der Waals surface area contributed by atoms with E-state index in [4.69, 9.17) is 5.11 Å². The molecule has 7 heteroatoms. The smallest absolute Gasteiger partial charge is 0.329 e. The van der Waals surface area contributed by atoms with E-state index in [9.17, 15) is 9.59 Å². The van der Waals surface area contributed by atoms with Crippen LogP contribution in [0.2, 0.25) is 0 Å². The third-order valence-corrected chi connectivity index (χ3v) is 3.18. The van der Waals surface area contributed by atoms with Crippen LogP contribution in [0, 0.1) is 6.92 Å². The molecule has 0 saturated heterocycles. The summed E-state index contributed by atoms with van der Waals surface area (Å²) in [6.07, 6.45) is 0. The number of benzene rings is 1. The van der Waals surface area contributed by atoms with Gasteiger partial charge in [0.05, 0.1) is 10.2 Å². The summed E-state index contributed by atoms with van der Waals surface area (Å²) in [5, 5.41) is 11.4. The standard InChI is InChI=1S/C12H12N2O4S/c1-7-2-3-8-9(4-7)19-12(13-8)14-10(15)5-18-6-11(16)17/h2-4H,5-6H2,1H3,(H,16,17)(H,13,14,15). The van der Waals surface area contributed by atoms with Gasteiger partial charge in [-0.2, -0.15) is 0 Å². The minimum Gasteiger partial charge on any atom is -0.480 e. The fourth-order valence-electron chi connectivity index (χ4n) is 1.47. The lowest BCUT2D eigenvalue weighted by Crippen LogP contribution is -2.20. The quantitative estimate of drug-likeness (QED) is 0.869. The third kappa shape index (κ3) is 3.73. The number of carboxylic acids is 1. The number of aromatic nitrogens is 1. The molecular weight excluding hydrogens is 268 g/mol. The van der Waals surface area contributed by atoms with Gasteiger partial charge in [-0.1, -0.05) is 17.4 Å². The van der Waals surface area contributed by atoms with Gasteiger partial charge in [-0.15, -0.1) is 0 Å². The van der Waals surface area contributed by atoms with Gasteiger partial charge >= 0.3 is 5.97 Å². The number of carbonyl (C=O) groups is 2. The number of thiazole rings is 1. The number of amides is 1. The largest absolute Gasteiger partial charge is 0.480 e. The molecule has 0 aliphatic rings. The molecule has 0 spiro atoms. The van der Waals surface area contributed by atoms with Crippen LogP contribution in [0.15, 0.2) is 18.2 Å². The van der Waals surface area contributed by atoms with Crippen molar-refractivity contribution in [1.29, 1.82) is 0 Å². The Morgan fingerprint density at radius 1 is 1.42 bits per heavy atom. The molecule has 2 aromatic rings. The van der Waals surface area contributed by atoms with E-state index in [-0.39, 0.29) is 6.61 Å². The van der Waals surface area contributed by atoms with Crippen LogP contribution < -0.4 is 5.32 Å². The predicted molar refractivity (Wildman–Crippen MR) is 71.4 cm³/mol. The number of hydrogen-bond acceptors (Lipinski definition) is 5. The molecule has 0 aliphatic carbocycles. The molecule has 0 radical (unpaired) electrons. The van der Waals surface area contributed by atoms with Crippen LogP contribution in [0.4, 0.5) is 5.13 Å². The number of nitrogens with zero attached hydrogens (tertiary/aromatic N) is 1. The number of ether oxygens (including phenoxy) is 1. The summed E-state index contributed by atoms with van der Waals surface area (Å²) in [6, 6.07) is 5.82. The first-order valence-electron chi connectivity index (χ1n) is 5.51. The van der Waals surface area contributed by atoms with Crippen LogP contribution in [0.5, 0.6) is 0 Å². The lowest BCUT2D eigenvalue weighted by molar-refractivity contribution is -0.143. The highest BCUT2D eigenvalue weighted by Crippen LogP contribution is 2.26. The molecule has 1 amide bonds. The summed E-state index contributed by atoms with van der Waals surface area (Å²) in [5.74, 6) is -1.53. The fraction of sp³-hybridized carbons (Fsp3) is 0.250. The van der Waals surface area contributed by atoms with Crippen molar-refractivity contribution in [2.24, 2.45) is 0 Å². The number of carbonyl (C=O) groups excluding carboxylic acids is 1. The molecule has 1 aromatic heterocycles. The zero-order valence-electron chi connectivity index (χ0n) is 10.2. The second-order valence-corrected chi connectivity index (χ2v) is 4.96. The van der Waals surface area contributed by atoms with Gasteiger partial charge in [0.1, 0.15) is 13.2 Å². The maximum atomic E-state index is 11.5. The van der Waals surface area contributed by atoms with Crippen LogP contribution in [0.3, 0.4) is 0 Å². The Morgan fingerprint density at radius 2 is 2.21 bits per heavy atom. The van der Waals surface area contributed by atoms with Gasteiger partial charge in [-0.3, -0.25) is 10.1 Å². The van der Waals surface area contributed by atoms with Crippen molar-refractivity contribution in [2.45, 2.75) is 6.92 Å². The molecule has 0 atom stereocenters. The fourth-order valence-corrected chi connectivity index (χ4v) is 2.45. The lowest BCUT2D eigenvalue weighted by Gasteiger charge is -2.00. The Kier molecular flexibility index (Phi) is 4.08. The average molecular weight is 280 g/mol. The van der Waals surface area contributed by atoms with E-state index >= 15 is 0 Å². The minimum atomic E-state index is -1.11. The first-order valence-corrected chi connectivity index (χ1v) is 6.33. The van der Waals surface area contributed by atoms with Crippen molar-refractivity contribution in [2.75, 3.05) is 18.5 Å². The van der Waals surface area contributed by atoms with E-state index in [1.165, 1.54) is 11.3 Å². The summed E-state index contributed by atoms with van der Waals surface area (Å²) in [4.78, 5) is 25.9. The van der Waals surface area contributed by atoms with E-state index in [1.54, 1.807) is 0 Å². The maximum absolute atomic E-state index is 11.5. The van der Waals surface area contributed by atoms with Gasteiger partial charge in [-0.05, 0) is 24.6 Å². The number of aryl methyl sites for hydroxylation is 1. The SMILES string of the molecule is Cc1ccc2nc(NC(=O)COCC(=O)O)sc2c1. The predicted octanol–water partition coefficient (Wildman–Crippen LogP) is 1.64. The molecule has 1 heterocycles. The van der Waals surface area contributed by atoms with E-state index in [0.29, 0.717) is 5.13 Å². The highest BCUT2D eigenvalue weighted by atomic mass is 32.1. The summed E-state index contributed by atoms with van der Waals surface area (Å²) in [5.41, 5.74) is 1.94. The van der Waals surface area contributed by atoms with Crippen molar-refractivity contribution in [3.05, 3.63) is 23.8 Å². The van der Waals surface area contributed by atoms with Crippen molar-refractivity contribution in [3.63, 3.8) is 0 Å². The second kappa shape index (κ2) is 5.77. The molecular formula is C12H12N2O4S. The summed E-state index contributed by atoms with van der Waals surface area (Å²) in [7, 11) is 0. The average Bonchev–Trinajstić information content (AvgIpc) is 2.69. The molecule has 0 bridgehead atoms. The molecule has 6 nitrogen and oxygen atoms in total. The Labute approximate surface area is 113 Å². The van der Waals surface area contributed by atoms with Gasteiger partial charge in [0.2, 0.25) is 0 Å². The van der Waals surface area contributed by atoms with Crippen LogP contribution in [0.25, 0.3) is 10.2 Å². The molecule has 0 fully saturated rings. The molecule has 1 aromatic carbocycles. The van der Waals surface area contributed by atoms with E-state index in [0.717, 1.165) is 15.8 Å². The summed E-state index contributed by atoms with van der Waals surface area (Å²) >= 11 is 1.36. The van der Waals surface area contributed by atoms with Gasteiger partial charge < -0.3 is 9.84 Å². The van der Waals surface area contributed by atoms with Crippen molar-refractivity contribution in [1.82, 2.24) is 4.98 Å². The van der Waals surface area contributed by atoms with E-state index in [1.807, 2.05) is 25.1 Å². The maximum Gasteiger partial charge on any atom is 0.329 e. The van der Waals surface area contributed by atoms with Gasteiger partial charge in [-0.25, -0.2) is 9.78 Å². The first kappa shape index (κ1) is 13.4. The molecule has 100 valence electrons. The van der Waals surface area contributed by atoms with Crippen molar-refractivity contribution in [3.8, 4) is 0 Å². The van der Waals surface area contributed by atoms with Gasteiger partial charge in [0.25, 0.3) is 5.91 Å².